The average Bonchev–Trinajstić information content (AvgIpc) is 2.94. The van der Waals surface area contributed by atoms with Gasteiger partial charge in [-0.15, -0.1) is 11.3 Å². The standard InChI is InChI=1S/C11H6ClN3OS/c12-10-2-1-9(17-10)11(16)7-5-14-15-4-3-13-6-8(7)15/h1-6H. The summed E-state index contributed by atoms with van der Waals surface area (Å²) in [4.78, 5) is 16.8. The summed E-state index contributed by atoms with van der Waals surface area (Å²) in [6.07, 6.45) is 6.49. The van der Waals surface area contributed by atoms with E-state index in [1.54, 1.807) is 41.4 Å². The summed E-state index contributed by atoms with van der Waals surface area (Å²) in [5, 5.41) is 4.10. The molecule has 0 N–H and O–H groups in total. The van der Waals surface area contributed by atoms with Gasteiger partial charge in [0.1, 0.15) is 0 Å². The predicted octanol–water partition coefficient (Wildman–Crippen LogP) is 2.68. The molecule has 3 aromatic rings. The molecule has 0 unspecified atom stereocenters. The highest BCUT2D eigenvalue weighted by molar-refractivity contribution is 7.18. The minimum absolute atomic E-state index is 0.0788. The number of rotatable bonds is 2. The summed E-state index contributed by atoms with van der Waals surface area (Å²) >= 11 is 7.08. The molecule has 0 saturated carbocycles. The number of thiophene rings is 1. The lowest BCUT2D eigenvalue weighted by Crippen LogP contribution is -1.98. The Balaban J connectivity index is 2.13. The van der Waals surface area contributed by atoms with Crippen molar-refractivity contribution in [1.82, 2.24) is 14.6 Å². The predicted molar refractivity (Wildman–Crippen MR) is 65.7 cm³/mol. The van der Waals surface area contributed by atoms with Crippen molar-refractivity contribution in [2.75, 3.05) is 0 Å². The third kappa shape index (κ3) is 1.73. The van der Waals surface area contributed by atoms with Crippen LogP contribution >= 0.6 is 22.9 Å². The van der Waals surface area contributed by atoms with Gasteiger partial charge in [-0.3, -0.25) is 9.78 Å². The Hall–Kier alpha value is -1.72. The topological polar surface area (TPSA) is 47.3 Å². The second-order valence-corrected chi connectivity index (χ2v) is 5.11. The van der Waals surface area contributed by atoms with Crippen LogP contribution in [0, 0.1) is 0 Å². The highest BCUT2D eigenvalue weighted by Crippen LogP contribution is 2.25. The maximum Gasteiger partial charge on any atom is 0.206 e. The lowest BCUT2D eigenvalue weighted by molar-refractivity contribution is 0.104. The van der Waals surface area contributed by atoms with Gasteiger partial charge in [-0.05, 0) is 12.1 Å². The second-order valence-electron chi connectivity index (χ2n) is 3.40. The summed E-state index contributed by atoms with van der Waals surface area (Å²) in [5.41, 5.74) is 1.23. The Labute approximate surface area is 105 Å². The molecule has 0 saturated heterocycles. The molecule has 6 heteroatoms. The van der Waals surface area contributed by atoms with Crippen LogP contribution in [0.25, 0.3) is 5.52 Å². The van der Waals surface area contributed by atoms with E-state index in [2.05, 4.69) is 10.1 Å². The summed E-state index contributed by atoms with van der Waals surface area (Å²) in [5.74, 6) is -0.0788. The Morgan fingerprint density at radius 1 is 1.35 bits per heavy atom. The SMILES string of the molecule is O=C(c1ccc(Cl)s1)c1cnn2ccncc12. The van der Waals surface area contributed by atoms with Gasteiger partial charge in [-0.1, -0.05) is 11.6 Å². The largest absolute Gasteiger partial charge is 0.288 e. The molecule has 17 heavy (non-hydrogen) atoms. The molecule has 0 aliphatic rings. The molecule has 0 aliphatic carbocycles. The van der Waals surface area contributed by atoms with Gasteiger partial charge in [0.15, 0.2) is 0 Å². The van der Waals surface area contributed by atoms with Crippen molar-refractivity contribution in [3.8, 4) is 0 Å². The minimum atomic E-state index is -0.0788. The van der Waals surface area contributed by atoms with Crippen LogP contribution in [0.1, 0.15) is 15.2 Å². The van der Waals surface area contributed by atoms with Gasteiger partial charge in [-0.25, -0.2) is 4.52 Å². The van der Waals surface area contributed by atoms with Crippen LogP contribution in [-0.4, -0.2) is 20.4 Å². The number of hydrogen-bond acceptors (Lipinski definition) is 4. The summed E-state index contributed by atoms with van der Waals surface area (Å²) in [6.45, 7) is 0. The molecular weight excluding hydrogens is 258 g/mol. The van der Waals surface area contributed by atoms with E-state index < -0.39 is 0 Å². The second kappa shape index (κ2) is 3.94. The molecule has 4 nitrogen and oxygen atoms in total. The Morgan fingerprint density at radius 3 is 3.00 bits per heavy atom. The first-order valence-electron chi connectivity index (χ1n) is 4.83. The zero-order valence-electron chi connectivity index (χ0n) is 8.50. The van der Waals surface area contributed by atoms with E-state index in [1.165, 1.54) is 11.3 Å². The zero-order valence-corrected chi connectivity index (χ0v) is 10.1. The van der Waals surface area contributed by atoms with Crippen molar-refractivity contribution in [2.24, 2.45) is 0 Å². The van der Waals surface area contributed by atoms with E-state index >= 15 is 0 Å². The van der Waals surface area contributed by atoms with Crippen LogP contribution in [-0.2, 0) is 0 Å². The minimum Gasteiger partial charge on any atom is -0.288 e. The normalized spacial score (nSPS) is 10.9. The molecule has 0 aromatic carbocycles. The van der Waals surface area contributed by atoms with E-state index in [-0.39, 0.29) is 5.78 Å². The monoisotopic (exact) mass is 263 g/mol. The van der Waals surface area contributed by atoms with Gasteiger partial charge in [0, 0.05) is 12.4 Å². The van der Waals surface area contributed by atoms with Crippen LogP contribution < -0.4 is 0 Å². The molecule has 3 rings (SSSR count). The van der Waals surface area contributed by atoms with Gasteiger partial charge in [0.2, 0.25) is 5.78 Å². The lowest BCUT2D eigenvalue weighted by Gasteiger charge is -1.95. The van der Waals surface area contributed by atoms with Crippen LogP contribution in [0.3, 0.4) is 0 Å². The first kappa shape index (κ1) is 10.4. The van der Waals surface area contributed by atoms with Crippen LogP contribution in [0.2, 0.25) is 4.34 Å². The molecule has 3 aromatic heterocycles. The molecule has 0 spiro atoms. The van der Waals surface area contributed by atoms with Crippen LogP contribution in [0.4, 0.5) is 0 Å². The smallest absolute Gasteiger partial charge is 0.206 e. The number of hydrogen-bond donors (Lipinski definition) is 0. The van der Waals surface area contributed by atoms with Crippen molar-refractivity contribution in [3.05, 3.63) is 51.7 Å². The fourth-order valence-corrected chi connectivity index (χ4v) is 2.58. The third-order valence-electron chi connectivity index (χ3n) is 2.37. The van der Waals surface area contributed by atoms with E-state index in [0.717, 1.165) is 0 Å². The number of fused-ring (bicyclic) bond motifs is 1. The van der Waals surface area contributed by atoms with Crippen molar-refractivity contribution < 1.29 is 4.79 Å². The van der Waals surface area contributed by atoms with Crippen molar-refractivity contribution >= 4 is 34.2 Å². The molecule has 0 aliphatic heterocycles. The molecule has 0 atom stereocenters. The highest BCUT2D eigenvalue weighted by Gasteiger charge is 2.16. The quantitative estimate of drug-likeness (QED) is 0.668. The number of carbonyl (C=O) groups is 1. The molecule has 0 radical (unpaired) electrons. The van der Waals surface area contributed by atoms with Crippen molar-refractivity contribution in [1.29, 1.82) is 0 Å². The van der Waals surface area contributed by atoms with Gasteiger partial charge in [0.25, 0.3) is 0 Å². The van der Waals surface area contributed by atoms with E-state index in [1.807, 2.05) is 0 Å². The number of ketones is 1. The van der Waals surface area contributed by atoms with Crippen LogP contribution in [0.5, 0.6) is 0 Å². The number of aromatic nitrogens is 3. The molecular formula is C11H6ClN3OS. The van der Waals surface area contributed by atoms with Gasteiger partial charge in [0.05, 0.1) is 32.7 Å². The molecule has 0 fully saturated rings. The Morgan fingerprint density at radius 2 is 2.24 bits per heavy atom. The first-order chi connectivity index (χ1) is 8.25. The Kier molecular flexibility index (Phi) is 2.42. The fourth-order valence-electron chi connectivity index (χ4n) is 1.58. The Bertz CT molecular complexity index is 703. The zero-order chi connectivity index (χ0) is 11.8. The van der Waals surface area contributed by atoms with E-state index in [9.17, 15) is 4.79 Å². The highest BCUT2D eigenvalue weighted by atomic mass is 35.5. The molecule has 0 amide bonds. The maximum atomic E-state index is 12.2. The molecule has 84 valence electrons. The number of carbonyl (C=O) groups excluding carboxylic acids is 1. The van der Waals surface area contributed by atoms with E-state index in [0.29, 0.717) is 20.3 Å². The maximum absolute atomic E-state index is 12.2. The molecule has 0 bridgehead atoms. The fraction of sp³-hybridized carbons (Fsp3) is 0. The molecule has 3 heterocycles. The lowest BCUT2D eigenvalue weighted by atomic mass is 10.2. The van der Waals surface area contributed by atoms with Crippen LogP contribution in [0.15, 0.2) is 36.9 Å². The third-order valence-corrected chi connectivity index (χ3v) is 3.60. The summed E-state index contributed by atoms with van der Waals surface area (Å²) < 4.78 is 2.22. The first-order valence-corrected chi connectivity index (χ1v) is 6.02. The van der Waals surface area contributed by atoms with Gasteiger partial charge in [-0.2, -0.15) is 5.10 Å². The summed E-state index contributed by atoms with van der Waals surface area (Å²) in [7, 11) is 0. The van der Waals surface area contributed by atoms with Crippen molar-refractivity contribution in [2.45, 2.75) is 0 Å². The average molecular weight is 264 g/mol. The number of nitrogens with zero attached hydrogens (tertiary/aromatic N) is 3. The van der Waals surface area contributed by atoms with E-state index in [4.69, 9.17) is 11.6 Å². The van der Waals surface area contributed by atoms with Gasteiger partial charge < -0.3 is 0 Å². The number of halogens is 1. The summed E-state index contributed by atoms with van der Waals surface area (Å²) in [6, 6.07) is 3.43. The van der Waals surface area contributed by atoms with Gasteiger partial charge >= 0.3 is 0 Å². The van der Waals surface area contributed by atoms with Crippen molar-refractivity contribution in [3.63, 3.8) is 0 Å².